The molecule has 1 aliphatic carbocycles. The molecule has 2 atom stereocenters. The van der Waals surface area contributed by atoms with Gasteiger partial charge in [-0.25, -0.2) is 0 Å². The van der Waals surface area contributed by atoms with Crippen molar-refractivity contribution in [3.8, 4) is 0 Å². The Morgan fingerprint density at radius 3 is 2.85 bits per heavy atom. The molecule has 0 spiro atoms. The van der Waals surface area contributed by atoms with E-state index in [0.29, 0.717) is 12.1 Å². The van der Waals surface area contributed by atoms with Crippen molar-refractivity contribution in [2.45, 2.75) is 38.3 Å². The molecule has 0 radical (unpaired) electrons. The van der Waals surface area contributed by atoms with E-state index in [1.54, 1.807) is 7.11 Å². The van der Waals surface area contributed by atoms with Gasteiger partial charge in [0.1, 0.15) is 0 Å². The lowest BCUT2D eigenvalue weighted by molar-refractivity contribution is 0.106. The first kappa shape index (κ1) is 11.0. The van der Waals surface area contributed by atoms with Gasteiger partial charge in [0.25, 0.3) is 0 Å². The van der Waals surface area contributed by atoms with Gasteiger partial charge in [-0.1, -0.05) is 0 Å². The molecule has 3 heteroatoms. The number of ether oxygens (including phenoxy) is 2. The second-order valence-electron chi connectivity index (χ2n) is 3.52. The summed E-state index contributed by atoms with van der Waals surface area (Å²) in [6.07, 6.45) is 4.07. The van der Waals surface area contributed by atoms with Gasteiger partial charge in [-0.2, -0.15) is 0 Å². The van der Waals surface area contributed by atoms with Crippen molar-refractivity contribution in [2.75, 3.05) is 26.9 Å². The highest BCUT2D eigenvalue weighted by molar-refractivity contribution is 4.80. The van der Waals surface area contributed by atoms with Crippen molar-refractivity contribution < 1.29 is 9.47 Å². The highest BCUT2D eigenvalue weighted by Crippen LogP contribution is 2.20. The van der Waals surface area contributed by atoms with Crippen molar-refractivity contribution >= 4 is 0 Å². The molecule has 1 rings (SSSR count). The number of rotatable bonds is 6. The van der Waals surface area contributed by atoms with E-state index in [-0.39, 0.29) is 0 Å². The first-order valence-electron chi connectivity index (χ1n) is 5.20. The third-order valence-electron chi connectivity index (χ3n) is 2.60. The van der Waals surface area contributed by atoms with Gasteiger partial charge in [-0.3, -0.25) is 0 Å². The third-order valence-corrected chi connectivity index (χ3v) is 2.60. The maximum atomic E-state index is 5.30. The van der Waals surface area contributed by atoms with Crippen LogP contribution >= 0.6 is 0 Å². The highest BCUT2D eigenvalue weighted by atomic mass is 16.5. The SMILES string of the molecule is CCOCCNC1CCC(OC)C1. The molecule has 0 aromatic carbocycles. The number of methoxy groups -OCH3 is 1. The molecule has 0 bridgehead atoms. The van der Waals surface area contributed by atoms with E-state index >= 15 is 0 Å². The molecule has 0 saturated heterocycles. The maximum absolute atomic E-state index is 5.30. The molecule has 0 heterocycles. The molecule has 2 unspecified atom stereocenters. The summed E-state index contributed by atoms with van der Waals surface area (Å²) in [5, 5.41) is 3.48. The quantitative estimate of drug-likeness (QED) is 0.633. The van der Waals surface area contributed by atoms with Crippen LogP contribution in [-0.2, 0) is 9.47 Å². The average Bonchev–Trinajstić information content (AvgIpc) is 2.60. The standard InChI is InChI=1S/C10H21NO2/c1-3-13-7-6-11-9-4-5-10(8-9)12-2/h9-11H,3-8H2,1-2H3. The van der Waals surface area contributed by atoms with Crippen LogP contribution in [0.2, 0.25) is 0 Å². The predicted octanol–water partition coefficient (Wildman–Crippen LogP) is 1.18. The second kappa shape index (κ2) is 6.35. The first-order chi connectivity index (χ1) is 6.36. The normalized spacial score (nSPS) is 28.2. The van der Waals surface area contributed by atoms with Gasteiger partial charge < -0.3 is 14.8 Å². The minimum atomic E-state index is 0.476. The van der Waals surface area contributed by atoms with Crippen LogP contribution in [0.5, 0.6) is 0 Å². The number of hydrogen-bond acceptors (Lipinski definition) is 3. The summed E-state index contributed by atoms with van der Waals surface area (Å²) in [5.41, 5.74) is 0. The van der Waals surface area contributed by atoms with E-state index in [1.807, 2.05) is 6.92 Å². The van der Waals surface area contributed by atoms with Crippen LogP contribution in [0.1, 0.15) is 26.2 Å². The van der Waals surface area contributed by atoms with E-state index in [9.17, 15) is 0 Å². The van der Waals surface area contributed by atoms with E-state index in [1.165, 1.54) is 12.8 Å². The molecule has 78 valence electrons. The molecule has 1 saturated carbocycles. The summed E-state index contributed by atoms with van der Waals surface area (Å²) in [6.45, 7) is 4.63. The molecule has 3 nitrogen and oxygen atoms in total. The lowest BCUT2D eigenvalue weighted by Gasteiger charge is -2.12. The Hall–Kier alpha value is -0.120. The summed E-state index contributed by atoms with van der Waals surface area (Å²) in [5.74, 6) is 0. The molecule has 1 aliphatic rings. The van der Waals surface area contributed by atoms with E-state index in [0.717, 1.165) is 26.2 Å². The molecule has 0 amide bonds. The fourth-order valence-electron chi connectivity index (χ4n) is 1.82. The number of hydrogen-bond donors (Lipinski definition) is 1. The average molecular weight is 187 g/mol. The predicted molar refractivity (Wildman–Crippen MR) is 52.9 cm³/mol. The van der Waals surface area contributed by atoms with Crippen LogP contribution in [-0.4, -0.2) is 39.0 Å². The Labute approximate surface area is 80.8 Å². The molecule has 1 fully saturated rings. The Morgan fingerprint density at radius 1 is 1.38 bits per heavy atom. The van der Waals surface area contributed by atoms with Gasteiger partial charge >= 0.3 is 0 Å². The van der Waals surface area contributed by atoms with Gasteiger partial charge in [0.05, 0.1) is 12.7 Å². The van der Waals surface area contributed by atoms with Crippen molar-refractivity contribution in [3.05, 3.63) is 0 Å². The zero-order valence-electron chi connectivity index (χ0n) is 8.71. The number of nitrogens with one attached hydrogen (secondary N) is 1. The molecule has 1 N–H and O–H groups in total. The van der Waals surface area contributed by atoms with Crippen molar-refractivity contribution in [1.82, 2.24) is 5.32 Å². The van der Waals surface area contributed by atoms with E-state index < -0.39 is 0 Å². The summed E-state index contributed by atoms with van der Waals surface area (Å²) in [6, 6.07) is 0.644. The molecule has 13 heavy (non-hydrogen) atoms. The zero-order valence-corrected chi connectivity index (χ0v) is 8.71. The molecular weight excluding hydrogens is 166 g/mol. The summed E-state index contributed by atoms with van der Waals surface area (Å²) in [4.78, 5) is 0. The fourth-order valence-corrected chi connectivity index (χ4v) is 1.82. The fraction of sp³-hybridized carbons (Fsp3) is 1.00. The minimum Gasteiger partial charge on any atom is -0.381 e. The van der Waals surface area contributed by atoms with Gasteiger partial charge in [-0.05, 0) is 26.2 Å². The van der Waals surface area contributed by atoms with Crippen LogP contribution < -0.4 is 5.32 Å². The summed E-state index contributed by atoms with van der Waals surface area (Å²) >= 11 is 0. The zero-order chi connectivity index (χ0) is 9.52. The monoisotopic (exact) mass is 187 g/mol. The molecule has 0 aromatic rings. The van der Waals surface area contributed by atoms with Gasteiger partial charge in [0, 0.05) is 26.3 Å². The first-order valence-corrected chi connectivity index (χ1v) is 5.20. The lowest BCUT2D eigenvalue weighted by Crippen LogP contribution is -2.30. The van der Waals surface area contributed by atoms with Crippen LogP contribution in [0.15, 0.2) is 0 Å². The Kier molecular flexibility index (Phi) is 5.35. The Balaban J connectivity index is 1.97. The van der Waals surface area contributed by atoms with Gasteiger partial charge in [-0.15, -0.1) is 0 Å². The van der Waals surface area contributed by atoms with Crippen molar-refractivity contribution in [3.63, 3.8) is 0 Å². The summed E-state index contributed by atoms with van der Waals surface area (Å²) in [7, 11) is 1.80. The largest absolute Gasteiger partial charge is 0.381 e. The van der Waals surface area contributed by atoms with Crippen molar-refractivity contribution in [1.29, 1.82) is 0 Å². The summed E-state index contributed by atoms with van der Waals surface area (Å²) < 4.78 is 10.6. The van der Waals surface area contributed by atoms with E-state index in [4.69, 9.17) is 9.47 Å². The van der Waals surface area contributed by atoms with Crippen LogP contribution in [0.25, 0.3) is 0 Å². The van der Waals surface area contributed by atoms with Crippen molar-refractivity contribution in [2.24, 2.45) is 0 Å². The van der Waals surface area contributed by atoms with Gasteiger partial charge in [0.2, 0.25) is 0 Å². The topological polar surface area (TPSA) is 30.5 Å². The molecule has 0 aliphatic heterocycles. The second-order valence-corrected chi connectivity index (χ2v) is 3.52. The molecular formula is C10H21NO2. The Bertz CT molecular complexity index is 130. The van der Waals surface area contributed by atoms with Crippen LogP contribution in [0.4, 0.5) is 0 Å². The molecule has 0 aromatic heterocycles. The maximum Gasteiger partial charge on any atom is 0.0590 e. The van der Waals surface area contributed by atoms with Crippen LogP contribution in [0, 0.1) is 0 Å². The smallest absolute Gasteiger partial charge is 0.0590 e. The minimum absolute atomic E-state index is 0.476. The van der Waals surface area contributed by atoms with Gasteiger partial charge in [0.15, 0.2) is 0 Å². The third kappa shape index (κ3) is 4.07. The highest BCUT2D eigenvalue weighted by Gasteiger charge is 2.23. The lowest BCUT2D eigenvalue weighted by atomic mass is 10.2. The van der Waals surface area contributed by atoms with Crippen LogP contribution in [0.3, 0.4) is 0 Å². The Morgan fingerprint density at radius 2 is 2.23 bits per heavy atom. The van der Waals surface area contributed by atoms with E-state index in [2.05, 4.69) is 5.32 Å².